The molecule has 1 aromatic carbocycles. The van der Waals surface area contributed by atoms with Gasteiger partial charge in [0, 0.05) is 19.0 Å². The Kier molecular flexibility index (Phi) is 4.45. The summed E-state index contributed by atoms with van der Waals surface area (Å²) in [6.45, 7) is 1.75. The summed E-state index contributed by atoms with van der Waals surface area (Å²) in [5.74, 6) is 3.56. The van der Waals surface area contributed by atoms with Crippen LogP contribution >= 0.6 is 0 Å². The summed E-state index contributed by atoms with van der Waals surface area (Å²) in [5, 5.41) is 4.01. The van der Waals surface area contributed by atoms with E-state index in [-0.39, 0.29) is 6.42 Å². The Hall–Kier alpha value is -1.89. The molecular weight excluding hydrogens is 367 g/mol. The number of nitrogens with zero attached hydrogens (tertiary/aromatic N) is 3. The lowest BCUT2D eigenvalue weighted by Crippen LogP contribution is -2.37. The van der Waals surface area contributed by atoms with Crippen LogP contribution in [0.15, 0.2) is 28.8 Å². The van der Waals surface area contributed by atoms with Crippen LogP contribution in [0.3, 0.4) is 0 Å². The third-order valence-corrected chi connectivity index (χ3v) is 6.68. The summed E-state index contributed by atoms with van der Waals surface area (Å²) in [4.78, 5) is 6.97. The van der Waals surface area contributed by atoms with Crippen molar-refractivity contribution in [2.24, 2.45) is 17.8 Å². The molecule has 0 spiro atoms. The number of rotatable bonds is 4. The highest BCUT2D eigenvalue weighted by Gasteiger charge is 2.42. The molecule has 4 atom stereocenters. The molecule has 2 aliphatic carbocycles. The minimum atomic E-state index is -4.34. The molecule has 4 fully saturated rings. The normalized spacial score (nSPS) is 30.0. The second-order valence-corrected chi connectivity index (χ2v) is 8.84. The molecule has 0 radical (unpaired) electrons. The monoisotopic (exact) mass is 391 g/mol. The molecule has 2 aliphatic heterocycles. The lowest BCUT2D eigenvalue weighted by Gasteiger charge is -2.38. The number of benzene rings is 1. The zero-order chi connectivity index (χ0) is 19.3. The highest BCUT2D eigenvalue weighted by atomic mass is 19.4. The quantitative estimate of drug-likeness (QED) is 0.758. The smallest absolute Gasteiger partial charge is 0.338 e. The molecule has 4 bridgehead atoms. The average Bonchev–Trinajstić information content (AvgIpc) is 2.98. The van der Waals surface area contributed by atoms with Crippen LogP contribution < -0.4 is 0 Å². The molecule has 1 aromatic heterocycles. The second kappa shape index (κ2) is 6.87. The fourth-order valence-corrected chi connectivity index (χ4v) is 5.72. The molecule has 2 saturated carbocycles. The Balaban J connectivity index is 1.27. The maximum absolute atomic E-state index is 12.9. The molecule has 2 aromatic rings. The molecule has 0 N–H and O–H groups in total. The van der Waals surface area contributed by atoms with Crippen LogP contribution in [0.2, 0.25) is 0 Å². The van der Waals surface area contributed by atoms with E-state index in [2.05, 4.69) is 15.0 Å². The van der Waals surface area contributed by atoms with Crippen LogP contribution in [0.25, 0.3) is 0 Å². The Morgan fingerprint density at radius 1 is 1.04 bits per heavy atom. The first kappa shape index (κ1) is 18.2. The first-order valence-electron chi connectivity index (χ1n) is 10.1. The largest absolute Gasteiger partial charge is 0.416 e. The maximum atomic E-state index is 12.9. The number of halogens is 3. The molecule has 2 saturated heterocycles. The predicted molar refractivity (Wildman–Crippen MR) is 96.3 cm³/mol. The topological polar surface area (TPSA) is 42.2 Å². The SMILES string of the molecule is FC(F)(F)c1cccc(Cc2noc(CN3CC4C[C@@H]5CC3C[C@H](C4)C5)n2)c1. The summed E-state index contributed by atoms with van der Waals surface area (Å²) in [5.41, 5.74) is -0.114. The fourth-order valence-electron chi connectivity index (χ4n) is 5.72. The predicted octanol–water partition coefficient (Wildman–Crippen LogP) is 4.69. The summed E-state index contributed by atoms with van der Waals surface area (Å²) in [7, 11) is 0. The van der Waals surface area contributed by atoms with Crippen LogP contribution in [-0.2, 0) is 19.1 Å². The number of fused-ring (bicyclic) bond motifs is 1. The van der Waals surface area contributed by atoms with E-state index in [0.717, 1.165) is 36.4 Å². The lowest BCUT2D eigenvalue weighted by molar-refractivity contribution is -0.137. The Morgan fingerprint density at radius 3 is 2.54 bits per heavy atom. The van der Waals surface area contributed by atoms with E-state index in [1.54, 1.807) is 6.07 Å². The van der Waals surface area contributed by atoms with Gasteiger partial charge >= 0.3 is 6.18 Å². The zero-order valence-electron chi connectivity index (χ0n) is 15.7. The van der Waals surface area contributed by atoms with E-state index < -0.39 is 11.7 Å². The van der Waals surface area contributed by atoms with Crippen molar-refractivity contribution in [1.82, 2.24) is 15.0 Å². The highest BCUT2D eigenvalue weighted by molar-refractivity contribution is 5.27. The van der Waals surface area contributed by atoms with E-state index >= 15 is 0 Å². The maximum Gasteiger partial charge on any atom is 0.416 e. The minimum Gasteiger partial charge on any atom is -0.338 e. The third-order valence-electron chi connectivity index (χ3n) is 6.68. The van der Waals surface area contributed by atoms with Crippen LogP contribution in [0.1, 0.15) is 54.9 Å². The van der Waals surface area contributed by atoms with Crippen LogP contribution in [0, 0.1) is 17.8 Å². The van der Waals surface area contributed by atoms with Gasteiger partial charge < -0.3 is 4.52 Å². The van der Waals surface area contributed by atoms with Crippen LogP contribution in [0.5, 0.6) is 0 Å². The van der Waals surface area contributed by atoms with Gasteiger partial charge in [-0.3, -0.25) is 4.90 Å². The number of hydrogen-bond acceptors (Lipinski definition) is 4. The molecule has 4 aliphatic rings. The van der Waals surface area contributed by atoms with Gasteiger partial charge in [0.05, 0.1) is 12.1 Å². The molecule has 4 nitrogen and oxygen atoms in total. The second-order valence-electron chi connectivity index (χ2n) is 8.84. The fraction of sp³-hybridized carbons (Fsp3) is 0.619. The van der Waals surface area contributed by atoms with Gasteiger partial charge in [0.1, 0.15) is 0 Å². The first-order chi connectivity index (χ1) is 13.4. The van der Waals surface area contributed by atoms with Crippen molar-refractivity contribution in [3.63, 3.8) is 0 Å². The first-order valence-corrected chi connectivity index (χ1v) is 10.1. The molecule has 2 unspecified atom stereocenters. The van der Waals surface area contributed by atoms with E-state index in [9.17, 15) is 13.2 Å². The minimum absolute atomic E-state index is 0.240. The van der Waals surface area contributed by atoms with Gasteiger partial charge in [-0.1, -0.05) is 23.4 Å². The third kappa shape index (κ3) is 3.69. The van der Waals surface area contributed by atoms with Gasteiger partial charge in [-0.2, -0.15) is 18.2 Å². The lowest BCUT2D eigenvalue weighted by atomic mass is 9.68. The van der Waals surface area contributed by atoms with Crippen molar-refractivity contribution in [3.05, 3.63) is 47.1 Å². The molecule has 28 heavy (non-hydrogen) atoms. The zero-order valence-corrected chi connectivity index (χ0v) is 15.7. The summed E-state index contributed by atoms with van der Waals surface area (Å²) < 4.78 is 44.1. The van der Waals surface area contributed by atoms with E-state index in [1.165, 1.54) is 38.2 Å². The molecule has 6 rings (SSSR count). The number of alkyl halides is 3. The van der Waals surface area contributed by atoms with Gasteiger partial charge in [-0.25, -0.2) is 0 Å². The van der Waals surface area contributed by atoms with Crippen LogP contribution in [0.4, 0.5) is 13.2 Å². The molecular formula is C21H24F3N3O. The van der Waals surface area contributed by atoms with E-state index in [1.807, 2.05) is 0 Å². The number of hydrogen-bond donors (Lipinski definition) is 0. The Morgan fingerprint density at radius 2 is 1.79 bits per heavy atom. The molecule has 0 amide bonds. The Bertz CT molecular complexity index is 835. The summed E-state index contributed by atoms with van der Waals surface area (Å²) >= 11 is 0. The van der Waals surface area contributed by atoms with Crippen molar-refractivity contribution in [3.8, 4) is 0 Å². The van der Waals surface area contributed by atoms with Gasteiger partial charge in [0.25, 0.3) is 0 Å². The van der Waals surface area contributed by atoms with Crippen molar-refractivity contribution in [2.75, 3.05) is 6.54 Å². The van der Waals surface area contributed by atoms with Gasteiger partial charge in [-0.15, -0.1) is 0 Å². The van der Waals surface area contributed by atoms with Crippen molar-refractivity contribution in [2.45, 2.75) is 57.3 Å². The molecule has 3 heterocycles. The van der Waals surface area contributed by atoms with E-state index in [4.69, 9.17) is 4.52 Å². The van der Waals surface area contributed by atoms with Gasteiger partial charge in [-0.05, 0) is 61.5 Å². The van der Waals surface area contributed by atoms with Crippen molar-refractivity contribution < 1.29 is 17.7 Å². The highest BCUT2D eigenvalue weighted by Crippen LogP contribution is 2.47. The van der Waals surface area contributed by atoms with E-state index in [0.29, 0.717) is 29.9 Å². The summed E-state index contributed by atoms with van der Waals surface area (Å²) in [6.07, 6.45) is 2.56. The van der Waals surface area contributed by atoms with Crippen molar-refractivity contribution >= 4 is 0 Å². The van der Waals surface area contributed by atoms with Crippen LogP contribution in [-0.4, -0.2) is 27.6 Å². The average molecular weight is 391 g/mol. The van der Waals surface area contributed by atoms with Crippen molar-refractivity contribution in [1.29, 1.82) is 0 Å². The standard InChI is InChI=1S/C21H24F3N3O/c22-21(23,24)17-3-1-2-13(7-17)10-19-25-20(28-26-19)12-27-11-16-5-14-4-15(6-16)9-18(27)8-14/h1-3,7,14-16,18H,4-6,8-12H2/t14-,15+,16?,18?. The van der Waals surface area contributed by atoms with Gasteiger partial charge in [0.2, 0.25) is 5.89 Å². The van der Waals surface area contributed by atoms with Gasteiger partial charge in [0.15, 0.2) is 5.82 Å². The number of aromatic nitrogens is 2. The summed E-state index contributed by atoms with van der Waals surface area (Å²) in [6, 6.07) is 5.92. The molecule has 150 valence electrons. The molecule has 7 heteroatoms. The Labute approximate surface area is 162 Å².